The van der Waals surface area contributed by atoms with Crippen LogP contribution in [0.15, 0.2) is 72.8 Å². The third kappa shape index (κ3) is 4.69. The standard InChI is InChI=1S/C29H31N3O2/c1-21-9-13-24(14-10-21)32-20-23(19-28(32)33)29-30-26-7-3-4-8-27(26)31(29)17-5-6-18-34-25-15-11-22(2)12-16-25/h3-4,7-16,23H,5-6,17-20H2,1-2H3/t23-/m0/s1. The first-order valence-corrected chi connectivity index (χ1v) is 12.1. The predicted octanol–water partition coefficient (Wildman–Crippen LogP) is 6.03. The lowest BCUT2D eigenvalue weighted by atomic mass is 10.1. The molecule has 4 aromatic rings. The second-order valence-electron chi connectivity index (χ2n) is 9.22. The van der Waals surface area contributed by atoms with Crippen LogP contribution < -0.4 is 9.64 Å². The van der Waals surface area contributed by atoms with Crippen molar-refractivity contribution < 1.29 is 9.53 Å². The van der Waals surface area contributed by atoms with Crippen LogP contribution in [-0.2, 0) is 11.3 Å². The number of benzene rings is 3. The number of ether oxygens (including phenoxy) is 1. The number of amides is 1. The highest BCUT2D eigenvalue weighted by atomic mass is 16.5. The number of aromatic nitrogens is 2. The molecule has 3 aromatic carbocycles. The molecule has 1 aliphatic rings. The Morgan fingerprint density at radius 1 is 0.912 bits per heavy atom. The van der Waals surface area contributed by atoms with Gasteiger partial charge in [0.05, 0.1) is 17.6 Å². The molecular weight excluding hydrogens is 422 g/mol. The molecule has 0 saturated carbocycles. The number of carbonyl (C=O) groups excluding carboxylic acids is 1. The first-order valence-electron chi connectivity index (χ1n) is 12.1. The fourth-order valence-electron chi connectivity index (χ4n) is 4.69. The summed E-state index contributed by atoms with van der Waals surface area (Å²) in [4.78, 5) is 19.8. The SMILES string of the molecule is Cc1ccc(OCCCCn2c([C@H]3CC(=O)N(c4ccc(C)cc4)C3)nc3ccccc32)cc1. The first-order chi connectivity index (χ1) is 16.6. The van der Waals surface area contributed by atoms with E-state index in [0.717, 1.165) is 47.7 Å². The van der Waals surface area contributed by atoms with Crippen LogP contribution in [0.25, 0.3) is 11.0 Å². The number of nitrogens with zero attached hydrogens (tertiary/aromatic N) is 3. The average molecular weight is 454 g/mol. The molecule has 0 aliphatic carbocycles. The summed E-state index contributed by atoms with van der Waals surface area (Å²) in [6.07, 6.45) is 2.44. The Morgan fingerprint density at radius 3 is 2.38 bits per heavy atom. The number of aryl methyl sites for hydroxylation is 3. The minimum absolute atomic E-state index is 0.0880. The van der Waals surface area contributed by atoms with Gasteiger partial charge in [-0.3, -0.25) is 4.79 Å². The van der Waals surface area contributed by atoms with Crippen molar-refractivity contribution in [3.05, 3.63) is 89.7 Å². The van der Waals surface area contributed by atoms with E-state index in [9.17, 15) is 4.79 Å². The van der Waals surface area contributed by atoms with Crippen LogP contribution in [0, 0.1) is 13.8 Å². The topological polar surface area (TPSA) is 47.4 Å². The lowest BCUT2D eigenvalue weighted by Crippen LogP contribution is -2.24. The minimum atomic E-state index is 0.0880. The van der Waals surface area contributed by atoms with Gasteiger partial charge in [-0.2, -0.15) is 0 Å². The summed E-state index contributed by atoms with van der Waals surface area (Å²) in [5.41, 5.74) is 5.53. The van der Waals surface area contributed by atoms with E-state index < -0.39 is 0 Å². The lowest BCUT2D eigenvalue weighted by molar-refractivity contribution is -0.117. The Bertz CT molecular complexity index is 1280. The molecule has 1 amide bonds. The van der Waals surface area contributed by atoms with Gasteiger partial charge in [0.1, 0.15) is 11.6 Å². The van der Waals surface area contributed by atoms with Gasteiger partial charge in [-0.25, -0.2) is 4.98 Å². The van der Waals surface area contributed by atoms with Gasteiger partial charge < -0.3 is 14.2 Å². The van der Waals surface area contributed by atoms with Gasteiger partial charge in [-0.1, -0.05) is 47.5 Å². The van der Waals surface area contributed by atoms with Crippen molar-refractivity contribution in [3.8, 4) is 5.75 Å². The number of hydrogen-bond acceptors (Lipinski definition) is 3. The maximum Gasteiger partial charge on any atom is 0.227 e. The number of fused-ring (bicyclic) bond motifs is 1. The summed E-state index contributed by atoms with van der Waals surface area (Å²) in [6, 6.07) is 24.6. The fraction of sp³-hybridized carbons (Fsp3) is 0.310. The van der Waals surface area contributed by atoms with Crippen molar-refractivity contribution in [3.63, 3.8) is 0 Å². The zero-order chi connectivity index (χ0) is 23.5. The second kappa shape index (κ2) is 9.72. The number of para-hydroxylation sites is 2. The second-order valence-corrected chi connectivity index (χ2v) is 9.22. The lowest BCUT2D eigenvalue weighted by Gasteiger charge is -2.18. The minimum Gasteiger partial charge on any atom is -0.494 e. The van der Waals surface area contributed by atoms with Crippen LogP contribution >= 0.6 is 0 Å². The molecule has 5 heteroatoms. The molecule has 0 bridgehead atoms. The molecule has 0 radical (unpaired) electrons. The normalized spacial score (nSPS) is 15.9. The van der Waals surface area contributed by atoms with Crippen molar-refractivity contribution in [2.45, 2.75) is 45.6 Å². The number of imidazole rings is 1. The Kier molecular flexibility index (Phi) is 6.35. The van der Waals surface area contributed by atoms with Crippen LogP contribution in [-0.4, -0.2) is 28.6 Å². The van der Waals surface area contributed by atoms with Gasteiger partial charge in [0.15, 0.2) is 0 Å². The van der Waals surface area contributed by atoms with E-state index in [4.69, 9.17) is 9.72 Å². The van der Waals surface area contributed by atoms with Gasteiger partial charge in [0.25, 0.3) is 0 Å². The molecular formula is C29H31N3O2. The smallest absolute Gasteiger partial charge is 0.227 e. The number of unbranched alkanes of at least 4 members (excludes halogenated alkanes) is 1. The van der Waals surface area contributed by atoms with E-state index in [0.29, 0.717) is 19.6 Å². The van der Waals surface area contributed by atoms with Crippen LogP contribution in [0.2, 0.25) is 0 Å². The number of rotatable bonds is 8. The fourth-order valence-corrected chi connectivity index (χ4v) is 4.69. The summed E-state index contributed by atoms with van der Waals surface area (Å²) in [5.74, 6) is 2.19. The van der Waals surface area contributed by atoms with E-state index in [2.05, 4.69) is 60.9 Å². The molecule has 2 heterocycles. The maximum atomic E-state index is 12.9. The molecule has 0 spiro atoms. The van der Waals surface area contributed by atoms with E-state index in [1.807, 2.05) is 35.2 Å². The molecule has 5 rings (SSSR count). The number of anilines is 1. The van der Waals surface area contributed by atoms with E-state index in [-0.39, 0.29) is 11.8 Å². The Hall–Kier alpha value is -3.60. The Labute approximate surface area is 201 Å². The van der Waals surface area contributed by atoms with E-state index >= 15 is 0 Å². The summed E-state index contributed by atoms with van der Waals surface area (Å²) < 4.78 is 8.22. The Morgan fingerprint density at radius 2 is 1.62 bits per heavy atom. The van der Waals surface area contributed by atoms with Crippen LogP contribution in [0.4, 0.5) is 5.69 Å². The molecule has 1 atom stereocenters. The van der Waals surface area contributed by atoms with Crippen LogP contribution in [0.3, 0.4) is 0 Å². The molecule has 1 aliphatic heterocycles. The number of hydrogen-bond donors (Lipinski definition) is 0. The third-order valence-electron chi connectivity index (χ3n) is 6.59. The van der Waals surface area contributed by atoms with Gasteiger partial charge in [0, 0.05) is 31.1 Å². The van der Waals surface area contributed by atoms with Crippen LogP contribution in [0.5, 0.6) is 5.75 Å². The molecule has 1 saturated heterocycles. The molecule has 5 nitrogen and oxygen atoms in total. The molecule has 174 valence electrons. The van der Waals surface area contributed by atoms with Crippen molar-refractivity contribution in [2.75, 3.05) is 18.1 Å². The van der Waals surface area contributed by atoms with Gasteiger partial charge in [-0.05, 0) is 63.1 Å². The largest absolute Gasteiger partial charge is 0.494 e. The molecule has 34 heavy (non-hydrogen) atoms. The molecule has 1 aromatic heterocycles. The quantitative estimate of drug-likeness (QED) is 0.306. The van der Waals surface area contributed by atoms with Crippen molar-refractivity contribution >= 4 is 22.6 Å². The van der Waals surface area contributed by atoms with Gasteiger partial charge >= 0.3 is 0 Å². The van der Waals surface area contributed by atoms with Crippen molar-refractivity contribution in [1.82, 2.24) is 9.55 Å². The van der Waals surface area contributed by atoms with E-state index in [1.165, 1.54) is 11.1 Å². The van der Waals surface area contributed by atoms with Crippen LogP contribution in [0.1, 0.15) is 42.1 Å². The summed E-state index contributed by atoms with van der Waals surface area (Å²) in [5, 5.41) is 0. The highest BCUT2D eigenvalue weighted by Crippen LogP contribution is 2.33. The van der Waals surface area contributed by atoms with Crippen molar-refractivity contribution in [2.24, 2.45) is 0 Å². The monoisotopic (exact) mass is 453 g/mol. The third-order valence-corrected chi connectivity index (χ3v) is 6.59. The highest BCUT2D eigenvalue weighted by Gasteiger charge is 2.34. The first kappa shape index (κ1) is 22.2. The zero-order valence-electron chi connectivity index (χ0n) is 19.9. The zero-order valence-corrected chi connectivity index (χ0v) is 19.9. The summed E-state index contributed by atoms with van der Waals surface area (Å²) in [7, 11) is 0. The van der Waals surface area contributed by atoms with Gasteiger partial charge in [-0.15, -0.1) is 0 Å². The molecule has 1 fully saturated rings. The molecule has 0 unspecified atom stereocenters. The number of carbonyl (C=O) groups is 1. The highest BCUT2D eigenvalue weighted by molar-refractivity contribution is 5.96. The van der Waals surface area contributed by atoms with Crippen molar-refractivity contribution in [1.29, 1.82) is 0 Å². The maximum absolute atomic E-state index is 12.9. The predicted molar refractivity (Wildman–Crippen MR) is 137 cm³/mol. The summed E-state index contributed by atoms with van der Waals surface area (Å²) in [6.45, 7) is 6.36. The molecule has 0 N–H and O–H groups in total. The average Bonchev–Trinajstić information content (AvgIpc) is 3.41. The summed E-state index contributed by atoms with van der Waals surface area (Å²) >= 11 is 0. The van der Waals surface area contributed by atoms with E-state index in [1.54, 1.807) is 0 Å². The Balaban J connectivity index is 1.28. The van der Waals surface area contributed by atoms with Gasteiger partial charge in [0.2, 0.25) is 5.91 Å².